The highest BCUT2D eigenvalue weighted by Crippen LogP contribution is 2.24. The third-order valence-electron chi connectivity index (χ3n) is 3.64. The summed E-state index contributed by atoms with van der Waals surface area (Å²) in [4.78, 5) is 4.33. The SMILES string of the molecule is C=C(/C=C\C(=C/C)c1ncc(C)n1Cc1ccccc1O)OC(F)(F)F. The number of hydrogen-bond acceptors (Lipinski definition) is 3. The molecule has 0 bridgehead atoms. The van der Waals surface area contributed by atoms with Crippen LogP contribution >= 0.6 is 0 Å². The minimum absolute atomic E-state index is 0.163. The van der Waals surface area contributed by atoms with E-state index in [9.17, 15) is 18.3 Å². The molecule has 0 saturated carbocycles. The molecule has 1 heterocycles. The molecule has 1 aromatic heterocycles. The van der Waals surface area contributed by atoms with Gasteiger partial charge < -0.3 is 14.4 Å². The third-order valence-corrected chi connectivity index (χ3v) is 3.64. The first kappa shape index (κ1) is 19.4. The molecule has 0 aliphatic carbocycles. The van der Waals surface area contributed by atoms with Crippen molar-refractivity contribution in [3.8, 4) is 5.75 Å². The number of rotatable bonds is 6. The van der Waals surface area contributed by atoms with E-state index in [1.165, 1.54) is 6.08 Å². The van der Waals surface area contributed by atoms with Crippen LogP contribution in [-0.2, 0) is 11.3 Å². The molecule has 0 fully saturated rings. The summed E-state index contributed by atoms with van der Waals surface area (Å²) in [6.45, 7) is 7.22. The molecule has 0 aliphatic heterocycles. The Morgan fingerprint density at radius 1 is 1.31 bits per heavy atom. The fourth-order valence-electron chi connectivity index (χ4n) is 2.37. The number of imidazole rings is 1. The number of para-hydroxylation sites is 1. The zero-order valence-corrected chi connectivity index (χ0v) is 14.4. The molecule has 0 unspecified atom stereocenters. The normalized spacial score (nSPS) is 12.6. The maximum absolute atomic E-state index is 12.2. The van der Waals surface area contributed by atoms with Crippen molar-refractivity contribution in [2.24, 2.45) is 0 Å². The summed E-state index contributed by atoms with van der Waals surface area (Å²) in [5.74, 6) is 0.202. The molecule has 7 heteroatoms. The van der Waals surface area contributed by atoms with Crippen LogP contribution in [0.3, 0.4) is 0 Å². The molecule has 0 radical (unpaired) electrons. The number of hydrogen-bond donors (Lipinski definition) is 1. The van der Waals surface area contributed by atoms with Crippen LogP contribution in [0.15, 0.2) is 61.0 Å². The highest BCUT2D eigenvalue weighted by Gasteiger charge is 2.30. The third kappa shape index (κ3) is 5.02. The first-order chi connectivity index (χ1) is 12.2. The van der Waals surface area contributed by atoms with Gasteiger partial charge in [0.05, 0.1) is 6.54 Å². The Labute approximate surface area is 149 Å². The lowest BCUT2D eigenvalue weighted by Crippen LogP contribution is -2.11. The molecule has 4 nitrogen and oxygen atoms in total. The van der Waals surface area contributed by atoms with E-state index in [4.69, 9.17) is 0 Å². The molecule has 0 amide bonds. The van der Waals surface area contributed by atoms with Crippen LogP contribution in [0.2, 0.25) is 0 Å². The zero-order valence-electron chi connectivity index (χ0n) is 14.4. The van der Waals surface area contributed by atoms with Crippen molar-refractivity contribution in [1.82, 2.24) is 9.55 Å². The second-order valence-electron chi connectivity index (χ2n) is 5.53. The first-order valence-electron chi connectivity index (χ1n) is 7.79. The van der Waals surface area contributed by atoms with Gasteiger partial charge in [0.2, 0.25) is 0 Å². The summed E-state index contributed by atoms with van der Waals surface area (Å²) in [6, 6.07) is 6.93. The number of aryl methyl sites for hydroxylation is 1. The first-order valence-corrected chi connectivity index (χ1v) is 7.79. The fourth-order valence-corrected chi connectivity index (χ4v) is 2.37. The molecule has 0 saturated heterocycles. The molecule has 1 N–H and O–H groups in total. The van der Waals surface area contributed by atoms with Crippen LogP contribution in [0, 0.1) is 6.92 Å². The van der Waals surface area contributed by atoms with E-state index in [1.54, 1.807) is 37.4 Å². The van der Waals surface area contributed by atoms with Crippen LogP contribution in [-0.4, -0.2) is 21.0 Å². The van der Waals surface area contributed by atoms with Crippen molar-refractivity contribution < 1.29 is 23.0 Å². The minimum Gasteiger partial charge on any atom is -0.508 e. The number of benzene rings is 1. The van der Waals surface area contributed by atoms with E-state index in [0.29, 0.717) is 23.5 Å². The van der Waals surface area contributed by atoms with Crippen LogP contribution in [0.25, 0.3) is 5.57 Å². The molecule has 0 aliphatic rings. The van der Waals surface area contributed by atoms with E-state index in [-0.39, 0.29) is 5.75 Å². The van der Waals surface area contributed by atoms with Crippen molar-refractivity contribution in [3.63, 3.8) is 0 Å². The number of alkyl halides is 3. The minimum atomic E-state index is -4.78. The van der Waals surface area contributed by atoms with Gasteiger partial charge in [0, 0.05) is 23.0 Å². The lowest BCUT2D eigenvalue weighted by atomic mass is 10.1. The number of halogens is 3. The summed E-state index contributed by atoms with van der Waals surface area (Å²) >= 11 is 0. The van der Waals surface area contributed by atoms with Gasteiger partial charge in [-0.05, 0) is 32.1 Å². The molecule has 0 spiro atoms. The van der Waals surface area contributed by atoms with Crippen molar-refractivity contribution in [3.05, 3.63) is 78.1 Å². The van der Waals surface area contributed by atoms with Crippen LogP contribution < -0.4 is 0 Å². The molecular weight excluding hydrogens is 345 g/mol. The average Bonchev–Trinajstić information content (AvgIpc) is 2.90. The molecule has 0 atom stereocenters. The predicted molar refractivity (Wildman–Crippen MR) is 93.2 cm³/mol. The van der Waals surface area contributed by atoms with E-state index in [1.807, 2.05) is 17.6 Å². The summed E-state index contributed by atoms with van der Waals surface area (Å²) in [5.41, 5.74) is 2.15. The quantitative estimate of drug-likeness (QED) is 0.582. The second kappa shape index (κ2) is 7.95. The summed E-state index contributed by atoms with van der Waals surface area (Å²) in [5, 5.41) is 9.97. The van der Waals surface area contributed by atoms with Gasteiger partial charge in [0.25, 0.3) is 0 Å². The molecular formula is C19H19F3N2O2. The summed E-state index contributed by atoms with van der Waals surface area (Å²) < 4.78 is 42.2. The highest BCUT2D eigenvalue weighted by atomic mass is 19.4. The number of aromatic nitrogens is 2. The number of nitrogens with zero attached hydrogens (tertiary/aromatic N) is 2. The number of ether oxygens (including phenoxy) is 1. The smallest absolute Gasteiger partial charge is 0.508 e. The van der Waals surface area contributed by atoms with Crippen molar-refractivity contribution in [2.45, 2.75) is 26.8 Å². The molecule has 2 rings (SSSR count). The Morgan fingerprint density at radius 2 is 2.00 bits per heavy atom. The van der Waals surface area contributed by atoms with Gasteiger partial charge in [-0.15, -0.1) is 13.2 Å². The molecule has 138 valence electrons. The number of allylic oxidation sites excluding steroid dienone is 4. The highest BCUT2D eigenvalue weighted by molar-refractivity contribution is 5.70. The Bertz CT molecular complexity index is 849. The fraction of sp³-hybridized carbons (Fsp3) is 0.211. The van der Waals surface area contributed by atoms with E-state index >= 15 is 0 Å². The van der Waals surface area contributed by atoms with Gasteiger partial charge in [-0.25, -0.2) is 4.98 Å². The molecule has 2 aromatic rings. The molecule has 26 heavy (non-hydrogen) atoms. The maximum Gasteiger partial charge on any atom is 0.573 e. The van der Waals surface area contributed by atoms with Gasteiger partial charge >= 0.3 is 6.36 Å². The number of phenols is 1. The number of aromatic hydroxyl groups is 1. The second-order valence-corrected chi connectivity index (χ2v) is 5.53. The van der Waals surface area contributed by atoms with Crippen molar-refractivity contribution in [2.75, 3.05) is 0 Å². The Kier molecular flexibility index (Phi) is 5.92. The van der Waals surface area contributed by atoms with E-state index in [2.05, 4.69) is 16.3 Å². The van der Waals surface area contributed by atoms with Gasteiger partial charge in [-0.3, -0.25) is 0 Å². The van der Waals surface area contributed by atoms with Gasteiger partial charge in [-0.1, -0.05) is 30.9 Å². The predicted octanol–water partition coefficient (Wildman–Crippen LogP) is 4.96. The van der Waals surface area contributed by atoms with Gasteiger partial charge in [-0.2, -0.15) is 0 Å². The summed E-state index contributed by atoms with van der Waals surface area (Å²) in [6.07, 6.45) is 1.19. The van der Waals surface area contributed by atoms with Crippen molar-refractivity contribution >= 4 is 5.57 Å². The van der Waals surface area contributed by atoms with Crippen LogP contribution in [0.5, 0.6) is 5.75 Å². The Balaban J connectivity index is 2.27. The average molecular weight is 364 g/mol. The lowest BCUT2D eigenvalue weighted by molar-refractivity contribution is -0.303. The van der Waals surface area contributed by atoms with Crippen molar-refractivity contribution in [1.29, 1.82) is 0 Å². The Morgan fingerprint density at radius 3 is 2.62 bits per heavy atom. The summed E-state index contributed by atoms with van der Waals surface area (Å²) in [7, 11) is 0. The van der Waals surface area contributed by atoms with Crippen LogP contribution in [0.4, 0.5) is 13.2 Å². The topological polar surface area (TPSA) is 47.3 Å². The van der Waals surface area contributed by atoms with Gasteiger partial charge in [0.1, 0.15) is 17.3 Å². The number of phenolic OH excluding ortho intramolecular Hbond substituents is 1. The van der Waals surface area contributed by atoms with E-state index in [0.717, 1.165) is 11.8 Å². The monoisotopic (exact) mass is 364 g/mol. The maximum atomic E-state index is 12.2. The largest absolute Gasteiger partial charge is 0.573 e. The zero-order chi connectivity index (χ0) is 19.3. The lowest BCUT2D eigenvalue weighted by Gasteiger charge is -2.12. The van der Waals surface area contributed by atoms with Gasteiger partial charge in [0.15, 0.2) is 0 Å². The molecule has 1 aromatic carbocycles. The van der Waals surface area contributed by atoms with Crippen LogP contribution in [0.1, 0.15) is 24.0 Å². The standard InChI is InChI=1S/C19H19F3N2O2/c1-4-15(10-9-14(3)26-19(20,21)22)18-23-11-13(2)24(18)12-16-7-5-6-8-17(16)25/h4-11,25H,3,12H2,1-2H3/b10-9-,15-4+. The van der Waals surface area contributed by atoms with E-state index < -0.39 is 12.1 Å². The Hall–Kier alpha value is -2.96.